The number of aromatic amines is 1. The smallest absolute Gasteiger partial charge is 0.253 e. The molecule has 1 aliphatic heterocycles. The third-order valence-corrected chi connectivity index (χ3v) is 7.23. The molecule has 0 aliphatic carbocycles. The summed E-state index contributed by atoms with van der Waals surface area (Å²) in [7, 11) is 0. The fourth-order valence-corrected chi connectivity index (χ4v) is 5.62. The van der Waals surface area contributed by atoms with Crippen molar-refractivity contribution in [3.8, 4) is 0 Å². The van der Waals surface area contributed by atoms with Crippen LogP contribution in [0.4, 0.5) is 0 Å². The van der Waals surface area contributed by atoms with Crippen molar-refractivity contribution in [2.45, 2.75) is 32.9 Å². The maximum atomic E-state index is 13.4. The molecule has 0 radical (unpaired) electrons. The van der Waals surface area contributed by atoms with Crippen LogP contribution in [-0.2, 0) is 13.0 Å². The molecular weight excluding hydrogens is 432 g/mol. The van der Waals surface area contributed by atoms with Crippen LogP contribution in [0.5, 0.6) is 0 Å². The van der Waals surface area contributed by atoms with Crippen LogP contribution in [0.2, 0.25) is 0 Å². The van der Waals surface area contributed by atoms with Gasteiger partial charge in [0.25, 0.3) is 5.56 Å². The minimum atomic E-state index is -0.286. The van der Waals surface area contributed by atoms with E-state index in [-0.39, 0.29) is 11.6 Å². The number of thioether (sulfide) groups is 1. The number of nitrogens with zero attached hydrogens (tertiary/aromatic N) is 5. The summed E-state index contributed by atoms with van der Waals surface area (Å²) in [4.78, 5) is 18.9. The van der Waals surface area contributed by atoms with E-state index in [2.05, 4.69) is 56.6 Å². The number of nitrogens with one attached hydrogen (secondary N) is 1. The van der Waals surface area contributed by atoms with E-state index in [4.69, 9.17) is 0 Å². The molecule has 33 heavy (non-hydrogen) atoms. The summed E-state index contributed by atoms with van der Waals surface area (Å²) in [5.74, 6) is 2.80. The van der Waals surface area contributed by atoms with Gasteiger partial charge in [0, 0.05) is 36.7 Å². The van der Waals surface area contributed by atoms with Crippen molar-refractivity contribution in [1.29, 1.82) is 0 Å². The Morgan fingerprint density at radius 3 is 2.67 bits per heavy atom. The van der Waals surface area contributed by atoms with Crippen LogP contribution in [0.1, 0.15) is 34.1 Å². The van der Waals surface area contributed by atoms with Gasteiger partial charge in [-0.25, -0.2) is 4.68 Å². The molecule has 0 spiro atoms. The molecule has 8 heteroatoms. The molecule has 4 aromatic rings. The Bertz CT molecular complexity index is 1310. The first-order chi connectivity index (χ1) is 16.1. The van der Waals surface area contributed by atoms with Gasteiger partial charge in [-0.05, 0) is 59.3 Å². The van der Waals surface area contributed by atoms with Crippen LogP contribution >= 0.6 is 11.8 Å². The molecule has 1 fully saturated rings. The molecule has 5 rings (SSSR count). The largest absolute Gasteiger partial charge is 0.321 e. The molecule has 2 aromatic heterocycles. The average Bonchev–Trinajstić information content (AvgIpc) is 3.28. The van der Waals surface area contributed by atoms with Gasteiger partial charge < -0.3 is 4.98 Å². The summed E-state index contributed by atoms with van der Waals surface area (Å²) in [5, 5.41) is 13.8. The highest BCUT2D eigenvalue weighted by Crippen LogP contribution is 2.29. The zero-order valence-corrected chi connectivity index (χ0v) is 19.8. The molecule has 170 valence electrons. The van der Waals surface area contributed by atoms with Crippen LogP contribution in [0.3, 0.4) is 0 Å². The van der Waals surface area contributed by atoms with E-state index in [0.29, 0.717) is 12.1 Å². The molecular formula is C25H28N6OS. The fourth-order valence-electron chi connectivity index (χ4n) is 4.69. The molecule has 1 saturated heterocycles. The van der Waals surface area contributed by atoms with Crippen molar-refractivity contribution in [3.63, 3.8) is 0 Å². The summed E-state index contributed by atoms with van der Waals surface area (Å²) < 4.78 is 1.87. The van der Waals surface area contributed by atoms with Crippen molar-refractivity contribution in [2.24, 2.45) is 0 Å². The first-order valence-electron chi connectivity index (χ1n) is 11.4. The van der Waals surface area contributed by atoms with Crippen molar-refractivity contribution >= 4 is 22.7 Å². The molecule has 3 heterocycles. The molecule has 7 nitrogen and oxygen atoms in total. The number of H-pyrrole nitrogens is 1. The Labute approximate surface area is 197 Å². The Balaban J connectivity index is 1.58. The Hall–Kier alpha value is -2.97. The minimum Gasteiger partial charge on any atom is -0.321 e. The van der Waals surface area contributed by atoms with E-state index in [1.807, 2.05) is 47.6 Å². The second kappa shape index (κ2) is 9.49. The number of pyridine rings is 1. The van der Waals surface area contributed by atoms with Gasteiger partial charge >= 0.3 is 0 Å². The number of benzene rings is 2. The lowest BCUT2D eigenvalue weighted by Crippen LogP contribution is -2.40. The van der Waals surface area contributed by atoms with E-state index < -0.39 is 0 Å². The average molecular weight is 461 g/mol. The van der Waals surface area contributed by atoms with Crippen LogP contribution in [-0.4, -0.2) is 54.7 Å². The highest BCUT2D eigenvalue weighted by Gasteiger charge is 2.31. The normalized spacial score (nSPS) is 15.7. The molecule has 0 saturated carbocycles. The minimum absolute atomic E-state index is 0.0738. The van der Waals surface area contributed by atoms with Crippen LogP contribution in [0.25, 0.3) is 10.9 Å². The maximum absolute atomic E-state index is 13.4. The predicted octanol–water partition coefficient (Wildman–Crippen LogP) is 3.51. The second-order valence-electron chi connectivity index (χ2n) is 8.65. The number of aryl methyl sites for hydroxylation is 4. The number of tetrazole rings is 1. The number of hydrogen-bond acceptors (Lipinski definition) is 6. The third-order valence-electron chi connectivity index (χ3n) is 6.29. The Morgan fingerprint density at radius 2 is 1.88 bits per heavy atom. The van der Waals surface area contributed by atoms with Crippen molar-refractivity contribution < 1.29 is 0 Å². The van der Waals surface area contributed by atoms with E-state index in [1.165, 1.54) is 11.1 Å². The number of rotatable bonds is 6. The van der Waals surface area contributed by atoms with Gasteiger partial charge in [0.2, 0.25) is 0 Å². The second-order valence-corrected chi connectivity index (χ2v) is 9.87. The molecule has 0 unspecified atom stereocenters. The topological polar surface area (TPSA) is 79.7 Å². The highest BCUT2D eigenvalue weighted by molar-refractivity contribution is 7.99. The first kappa shape index (κ1) is 21.9. The van der Waals surface area contributed by atoms with E-state index in [9.17, 15) is 4.79 Å². The zero-order valence-electron chi connectivity index (χ0n) is 19.0. The summed E-state index contributed by atoms with van der Waals surface area (Å²) in [6, 6.07) is 16.3. The van der Waals surface area contributed by atoms with Crippen molar-refractivity contribution in [1.82, 2.24) is 30.1 Å². The van der Waals surface area contributed by atoms with Crippen molar-refractivity contribution in [3.05, 3.63) is 87.0 Å². The van der Waals surface area contributed by atoms with Crippen LogP contribution < -0.4 is 5.56 Å². The molecule has 1 N–H and O–H groups in total. The van der Waals surface area contributed by atoms with Crippen LogP contribution in [0, 0.1) is 13.8 Å². The number of fused-ring (bicyclic) bond motifs is 1. The molecule has 2 aromatic carbocycles. The predicted molar refractivity (Wildman–Crippen MR) is 133 cm³/mol. The quantitative estimate of drug-likeness (QED) is 0.474. The van der Waals surface area contributed by atoms with E-state index >= 15 is 0 Å². The fraction of sp³-hybridized carbons (Fsp3) is 0.360. The van der Waals surface area contributed by atoms with Gasteiger partial charge in [-0.2, -0.15) is 11.8 Å². The molecule has 0 bridgehead atoms. The number of hydrogen-bond donors (Lipinski definition) is 1. The lowest BCUT2D eigenvalue weighted by Gasteiger charge is -2.33. The first-order valence-corrected chi connectivity index (χ1v) is 12.5. The van der Waals surface area contributed by atoms with Gasteiger partial charge in [-0.15, -0.1) is 5.10 Å². The van der Waals surface area contributed by atoms with Gasteiger partial charge in [0.1, 0.15) is 6.04 Å². The molecule has 1 aliphatic rings. The van der Waals surface area contributed by atoms with Gasteiger partial charge in [-0.1, -0.05) is 42.0 Å². The third kappa shape index (κ3) is 4.58. The SMILES string of the molecule is Cc1cc(C)c2[nH]c(=O)c([C@H](c3nnnn3CCc3ccccc3)N3CCSCC3)cc2c1. The Morgan fingerprint density at radius 1 is 1.09 bits per heavy atom. The van der Waals surface area contributed by atoms with Crippen molar-refractivity contribution in [2.75, 3.05) is 24.6 Å². The highest BCUT2D eigenvalue weighted by atomic mass is 32.2. The monoisotopic (exact) mass is 460 g/mol. The molecule has 1 atom stereocenters. The maximum Gasteiger partial charge on any atom is 0.253 e. The summed E-state index contributed by atoms with van der Waals surface area (Å²) in [5.41, 5.74) is 5.01. The Kier molecular flexibility index (Phi) is 6.28. The summed E-state index contributed by atoms with van der Waals surface area (Å²) in [6.45, 7) is 6.57. The summed E-state index contributed by atoms with van der Waals surface area (Å²) in [6.07, 6.45) is 0.827. The van der Waals surface area contributed by atoms with Gasteiger partial charge in [0.15, 0.2) is 5.82 Å². The van der Waals surface area contributed by atoms with E-state index in [0.717, 1.165) is 53.3 Å². The number of aromatic nitrogens is 5. The lowest BCUT2D eigenvalue weighted by atomic mass is 10.0. The lowest BCUT2D eigenvalue weighted by molar-refractivity contribution is 0.233. The van der Waals surface area contributed by atoms with Crippen LogP contribution in [0.15, 0.2) is 53.3 Å². The zero-order chi connectivity index (χ0) is 22.8. The summed E-state index contributed by atoms with van der Waals surface area (Å²) >= 11 is 1.94. The molecule has 0 amide bonds. The standard InChI is InChI=1S/C25H28N6OS/c1-17-14-18(2)22-20(15-17)16-21(25(32)26-22)23(30-10-12-33-13-11-30)24-27-28-29-31(24)9-8-19-6-4-3-5-7-19/h3-7,14-16,23H,8-13H2,1-2H3,(H,26,32)/t23-/m1/s1. The van der Waals surface area contributed by atoms with E-state index in [1.54, 1.807) is 0 Å². The van der Waals surface area contributed by atoms with Gasteiger partial charge in [0.05, 0.1) is 5.52 Å². The van der Waals surface area contributed by atoms with Gasteiger partial charge in [-0.3, -0.25) is 9.69 Å².